The van der Waals surface area contributed by atoms with Crippen LogP contribution in [0.4, 0.5) is 0 Å². The van der Waals surface area contributed by atoms with E-state index in [4.69, 9.17) is 20.4 Å². The smallest absolute Gasteiger partial charge is 0.679 e. The first-order valence-electron chi connectivity index (χ1n) is 20.6. The number of aliphatic hydroxyl groups is 4. The fourth-order valence-corrected chi connectivity index (χ4v) is 6.01. The van der Waals surface area contributed by atoms with Gasteiger partial charge in [-0.05, 0) is 6.04 Å². The number of piperidine rings is 3. The molecule has 4 unspecified atom stereocenters. The van der Waals surface area contributed by atoms with Crippen LogP contribution in [0.2, 0.25) is 0 Å². The van der Waals surface area contributed by atoms with Crippen molar-refractivity contribution in [1.82, 2.24) is 60.7 Å². The van der Waals surface area contributed by atoms with Gasteiger partial charge in [0, 0.05) is 25.7 Å². The second-order valence-corrected chi connectivity index (χ2v) is 13.9. The number of hydrogen-bond donors (Lipinski definition) is 8. The van der Waals surface area contributed by atoms with Gasteiger partial charge in [0.2, 0.25) is 12.6 Å². The molecule has 60 heavy (non-hydrogen) atoms. The molecule has 0 aliphatic carbocycles. The fraction of sp³-hybridized carbons (Fsp3) is 0.684. The van der Waals surface area contributed by atoms with Crippen LogP contribution in [0.25, 0.3) is 21.3 Å². The molecule has 4 aliphatic rings. The van der Waals surface area contributed by atoms with E-state index in [9.17, 15) is 0 Å². The SMILES string of the molecule is CCc1nc(C2C=CC=C[N-]2)n[nH]1.CCc1nc(C2CCCC[N-]2)n[nH]1.CCc1nc(C2CCCC[N-]2)n[nH]1.CCc1nc(C2CCCC[N-]2)n[nH]1.OC(O)C(O)O.[Fe+3].[Fe+3]. The molecule has 8 N–H and O–H groups in total. The zero-order valence-electron chi connectivity index (χ0n) is 34.9. The number of aromatic nitrogens is 12. The van der Waals surface area contributed by atoms with Crippen LogP contribution in [0.3, 0.4) is 0 Å². The number of rotatable bonds is 9. The molecule has 2 radical (unpaired) electrons. The predicted molar refractivity (Wildman–Crippen MR) is 218 cm³/mol. The zero-order valence-corrected chi connectivity index (χ0v) is 37.2. The summed E-state index contributed by atoms with van der Waals surface area (Å²) in [5, 5.41) is 76.8. The Bertz CT molecular complexity index is 1590. The zero-order chi connectivity index (χ0) is 41.5. The Morgan fingerprint density at radius 3 is 1.10 bits per heavy atom. The Morgan fingerprint density at radius 2 is 0.850 bits per heavy atom. The van der Waals surface area contributed by atoms with Gasteiger partial charge in [0.15, 0.2) is 0 Å². The molecule has 0 aromatic carbocycles. The van der Waals surface area contributed by atoms with Crippen LogP contribution in [-0.4, -0.2) is 113 Å². The van der Waals surface area contributed by atoms with Crippen LogP contribution in [0, 0.1) is 0 Å². The minimum absolute atomic E-state index is 0. The first-order valence-corrected chi connectivity index (χ1v) is 20.6. The summed E-state index contributed by atoms with van der Waals surface area (Å²) in [6.07, 6.45) is 17.9. The number of nitrogens with zero attached hydrogens (tertiary/aromatic N) is 12. The third-order valence-electron chi connectivity index (χ3n) is 9.40. The average Bonchev–Trinajstić information content (AvgIpc) is 4.14. The van der Waals surface area contributed by atoms with Gasteiger partial charge in [0.25, 0.3) is 0 Å². The van der Waals surface area contributed by atoms with Gasteiger partial charge in [-0.2, -0.15) is 26.6 Å². The summed E-state index contributed by atoms with van der Waals surface area (Å²) in [5.41, 5.74) is 0. The molecule has 0 bridgehead atoms. The summed E-state index contributed by atoms with van der Waals surface area (Å²) >= 11 is 0. The van der Waals surface area contributed by atoms with Gasteiger partial charge in [0.1, 0.15) is 46.6 Å². The molecule has 20 nitrogen and oxygen atoms in total. The molecule has 4 aromatic rings. The van der Waals surface area contributed by atoms with E-state index < -0.39 is 12.6 Å². The largest absolute Gasteiger partial charge is 3.00 e. The summed E-state index contributed by atoms with van der Waals surface area (Å²) < 4.78 is 0. The van der Waals surface area contributed by atoms with E-state index in [0.717, 1.165) is 111 Å². The summed E-state index contributed by atoms with van der Waals surface area (Å²) in [7, 11) is 0. The predicted octanol–water partition coefficient (Wildman–Crippen LogP) is 5.37. The van der Waals surface area contributed by atoms with Crippen LogP contribution >= 0.6 is 0 Å². The van der Waals surface area contributed by atoms with Crippen LogP contribution in [-0.2, 0) is 59.8 Å². The van der Waals surface area contributed by atoms with Crippen molar-refractivity contribution >= 4 is 0 Å². The maximum Gasteiger partial charge on any atom is 3.00 e. The summed E-state index contributed by atoms with van der Waals surface area (Å²) in [4.78, 5) is 17.5. The molecule has 3 saturated heterocycles. The molecule has 0 spiro atoms. The van der Waals surface area contributed by atoms with Gasteiger partial charge in [-0.1, -0.05) is 122 Å². The molecule has 4 atom stereocenters. The molecule has 0 saturated carbocycles. The van der Waals surface area contributed by atoms with E-state index in [1.54, 1.807) is 6.20 Å². The van der Waals surface area contributed by atoms with Gasteiger partial charge in [-0.25, -0.2) is 19.9 Å². The van der Waals surface area contributed by atoms with E-state index in [2.05, 4.69) is 103 Å². The van der Waals surface area contributed by atoms with E-state index in [1.165, 1.54) is 38.5 Å². The molecule has 22 heteroatoms. The third-order valence-corrected chi connectivity index (χ3v) is 9.40. The molecular weight excluding hydrogens is 856 g/mol. The Morgan fingerprint density at radius 1 is 0.517 bits per heavy atom. The fourth-order valence-electron chi connectivity index (χ4n) is 6.01. The first-order chi connectivity index (χ1) is 28.2. The molecule has 3 fully saturated rings. The number of hydrogen-bond acceptors (Lipinski definition) is 12. The maximum absolute atomic E-state index is 7.69. The van der Waals surface area contributed by atoms with Gasteiger partial charge < -0.3 is 41.7 Å². The van der Waals surface area contributed by atoms with Crippen molar-refractivity contribution in [1.29, 1.82) is 0 Å². The van der Waals surface area contributed by atoms with Crippen LogP contribution < -0.4 is 0 Å². The quantitative estimate of drug-likeness (QED) is 0.0777. The van der Waals surface area contributed by atoms with Gasteiger partial charge >= 0.3 is 34.1 Å². The Kier molecular flexibility index (Phi) is 26.2. The number of allylic oxidation sites excluding steroid dienone is 2. The maximum atomic E-state index is 7.69. The van der Waals surface area contributed by atoms with E-state index >= 15 is 0 Å². The first kappa shape index (κ1) is 52.7. The standard InChI is InChI=1S/3C9H15N4.C9H11N4.C2H6O4.2Fe/c4*1-2-8-11-9(13-12-8)7-5-3-4-6-10-7;3-1(4)2(5)6;;/h3*7H,2-6H2,1H3,(H,11,12,13);3-7H,2H2,1H3,(H,11,12,13);1-6H;;/q4*-1;;2*+3. The van der Waals surface area contributed by atoms with Crippen molar-refractivity contribution in [3.63, 3.8) is 0 Å². The van der Waals surface area contributed by atoms with Crippen molar-refractivity contribution in [3.8, 4) is 0 Å². The molecule has 8 heterocycles. The van der Waals surface area contributed by atoms with E-state index in [1.807, 2.05) is 25.2 Å². The van der Waals surface area contributed by atoms with Gasteiger partial charge in [-0.15, -0.1) is 19.6 Å². The Hall–Kier alpha value is -3.40. The van der Waals surface area contributed by atoms with E-state index in [0.29, 0.717) is 0 Å². The molecular formula is C38H62Fe2N16O4+2. The number of aryl methyl sites for hydroxylation is 4. The van der Waals surface area contributed by atoms with E-state index in [-0.39, 0.29) is 58.3 Å². The van der Waals surface area contributed by atoms with Gasteiger partial charge in [-0.3, -0.25) is 20.4 Å². The Balaban J connectivity index is 0.000000261. The molecule has 4 aromatic heterocycles. The average molecular weight is 919 g/mol. The minimum atomic E-state index is -2.04. The third kappa shape index (κ3) is 18.3. The van der Waals surface area contributed by atoms with Crippen molar-refractivity contribution < 1.29 is 54.6 Å². The van der Waals surface area contributed by atoms with Crippen LogP contribution in [0.5, 0.6) is 0 Å². The topological polar surface area (TPSA) is 304 Å². The van der Waals surface area contributed by atoms with Crippen molar-refractivity contribution in [3.05, 3.63) is 92.3 Å². The summed E-state index contributed by atoms with van der Waals surface area (Å²) in [5.74, 6) is 7.22. The van der Waals surface area contributed by atoms with Gasteiger partial charge in [0.05, 0.1) is 0 Å². The number of aromatic amines is 4. The van der Waals surface area contributed by atoms with Crippen LogP contribution in [0.1, 0.15) is 156 Å². The second kappa shape index (κ2) is 29.8. The monoisotopic (exact) mass is 918 g/mol. The van der Waals surface area contributed by atoms with Crippen LogP contribution in [0.15, 0.2) is 24.4 Å². The summed E-state index contributed by atoms with van der Waals surface area (Å²) in [6.45, 7) is 11.2. The number of aliphatic hydroxyl groups excluding tert-OH is 2. The minimum Gasteiger partial charge on any atom is -0.679 e. The Labute approximate surface area is 373 Å². The summed E-state index contributed by atoms with van der Waals surface area (Å²) in [6, 6.07) is 0.752. The molecule has 332 valence electrons. The van der Waals surface area contributed by atoms with Crippen molar-refractivity contribution in [2.75, 3.05) is 19.6 Å². The molecule has 0 amide bonds. The molecule has 8 rings (SSSR count). The molecule has 4 aliphatic heterocycles. The van der Waals surface area contributed by atoms with Crippen molar-refractivity contribution in [2.24, 2.45) is 0 Å². The van der Waals surface area contributed by atoms with Crippen molar-refractivity contribution in [2.45, 2.75) is 148 Å². The second-order valence-electron chi connectivity index (χ2n) is 13.9. The number of H-pyrrole nitrogens is 4. The number of nitrogens with one attached hydrogen (secondary N) is 4. The normalized spacial score (nSPS) is 20.6.